The third-order valence-electron chi connectivity index (χ3n) is 8.40. The highest BCUT2D eigenvalue weighted by Crippen LogP contribution is 2.63. The first-order valence-electron chi connectivity index (χ1n) is 13.5. The molecule has 3 aliphatic heterocycles. The summed E-state index contributed by atoms with van der Waals surface area (Å²) in [5.41, 5.74) is 0.719. The Morgan fingerprint density at radius 3 is 2.66 bits per heavy atom. The van der Waals surface area contributed by atoms with Gasteiger partial charge in [0.1, 0.15) is 24.2 Å². The van der Waals surface area contributed by atoms with Crippen LogP contribution in [0.25, 0.3) is 0 Å². The van der Waals surface area contributed by atoms with Crippen molar-refractivity contribution in [1.29, 1.82) is 0 Å². The van der Waals surface area contributed by atoms with Crippen molar-refractivity contribution < 1.29 is 29.0 Å². The molecule has 8 nitrogen and oxygen atoms in total. The minimum absolute atomic E-state index is 0.0479. The van der Waals surface area contributed by atoms with Gasteiger partial charge in [-0.1, -0.05) is 30.9 Å². The van der Waals surface area contributed by atoms with Crippen LogP contribution in [0.1, 0.15) is 50.2 Å². The molecule has 0 saturated carbocycles. The van der Waals surface area contributed by atoms with Crippen molar-refractivity contribution in [3.63, 3.8) is 0 Å². The molecule has 1 spiro atoms. The minimum atomic E-state index is -1.12. The number of amides is 2. The van der Waals surface area contributed by atoms with Crippen molar-refractivity contribution in [3.05, 3.63) is 54.6 Å². The molecular weight excluding hydrogens is 484 g/mol. The Morgan fingerprint density at radius 1 is 1.21 bits per heavy atom. The van der Waals surface area contributed by atoms with Gasteiger partial charge in [-0.15, -0.1) is 6.58 Å². The molecule has 8 heteroatoms. The summed E-state index contributed by atoms with van der Waals surface area (Å²) in [5.74, 6) is -2.56. The van der Waals surface area contributed by atoms with Crippen LogP contribution in [0.3, 0.4) is 0 Å². The number of aryl methyl sites for hydroxylation is 2. The summed E-state index contributed by atoms with van der Waals surface area (Å²) >= 11 is 0. The van der Waals surface area contributed by atoms with Gasteiger partial charge in [-0.2, -0.15) is 0 Å². The number of aliphatic hydroxyl groups excluding tert-OH is 1. The summed E-state index contributed by atoms with van der Waals surface area (Å²) in [7, 11) is 0. The molecule has 0 radical (unpaired) electrons. The van der Waals surface area contributed by atoms with Gasteiger partial charge >= 0.3 is 5.97 Å². The Labute approximate surface area is 225 Å². The second kappa shape index (κ2) is 11.0. The minimum Gasteiger partial charge on any atom is -0.461 e. The van der Waals surface area contributed by atoms with Crippen LogP contribution in [0.5, 0.6) is 0 Å². The van der Waals surface area contributed by atoms with Crippen molar-refractivity contribution in [2.24, 2.45) is 11.8 Å². The lowest BCUT2D eigenvalue weighted by atomic mass is 9.66. The van der Waals surface area contributed by atoms with Gasteiger partial charge in [0.2, 0.25) is 5.91 Å². The number of hydrogen-bond donors (Lipinski definition) is 1. The number of aliphatic hydroxyl groups is 1. The van der Waals surface area contributed by atoms with Crippen LogP contribution in [-0.4, -0.2) is 71.3 Å². The number of nitrogens with zero attached hydrogens (tertiary/aromatic N) is 2. The average molecular weight is 525 g/mol. The molecule has 0 aliphatic carbocycles. The van der Waals surface area contributed by atoms with Crippen molar-refractivity contribution in [3.8, 4) is 0 Å². The summed E-state index contributed by atoms with van der Waals surface area (Å²) in [6.45, 7) is 14.0. The first-order chi connectivity index (χ1) is 18.1. The van der Waals surface area contributed by atoms with E-state index in [4.69, 9.17) is 9.47 Å². The number of carbonyl (C=O) groups is 3. The number of esters is 1. The van der Waals surface area contributed by atoms with Crippen LogP contribution in [0.2, 0.25) is 0 Å². The zero-order valence-corrected chi connectivity index (χ0v) is 22.8. The van der Waals surface area contributed by atoms with Crippen molar-refractivity contribution >= 4 is 23.5 Å². The lowest BCUT2D eigenvalue weighted by molar-refractivity contribution is -0.158. The molecule has 3 fully saturated rings. The quantitative estimate of drug-likeness (QED) is 0.256. The molecule has 4 rings (SSSR count). The van der Waals surface area contributed by atoms with Gasteiger partial charge < -0.3 is 24.4 Å². The van der Waals surface area contributed by atoms with Crippen LogP contribution in [-0.2, 0) is 23.9 Å². The van der Waals surface area contributed by atoms with E-state index in [1.54, 1.807) is 15.9 Å². The summed E-state index contributed by atoms with van der Waals surface area (Å²) in [6, 6.07) is 5.07. The fourth-order valence-corrected chi connectivity index (χ4v) is 6.70. The zero-order valence-electron chi connectivity index (χ0n) is 22.8. The Hall–Kier alpha value is -2.97. The summed E-state index contributed by atoms with van der Waals surface area (Å²) < 4.78 is 12.1. The molecule has 1 N–H and O–H groups in total. The predicted molar refractivity (Wildman–Crippen MR) is 144 cm³/mol. The van der Waals surface area contributed by atoms with Crippen LogP contribution in [0.4, 0.5) is 5.69 Å². The highest BCUT2D eigenvalue weighted by molar-refractivity contribution is 6.05. The molecule has 2 amide bonds. The Bertz CT molecular complexity index is 1120. The van der Waals surface area contributed by atoms with E-state index in [2.05, 4.69) is 13.2 Å². The summed E-state index contributed by atoms with van der Waals surface area (Å²) in [5, 5.41) is 9.24. The highest BCUT2D eigenvalue weighted by Gasteiger charge is 2.78. The van der Waals surface area contributed by atoms with Gasteiger partial charge in [0, 0.05) is 25.4 Å². The second-order valence-electron chi connectivity index (χ2n) is 11.0. The van der Waals surface area contributed by atoms with E-state index in [1.165, 1.54) is 6.08 Å². The van der Waals surface area contributed by atoms with E-state index in [0.717, 1.165) is 23.2 Å². The molecule has 3 saturated heterocycles. The number of benzene rings is 1. The van der Waals surface area contributed by atoms with Crippen LogP contribution in [0.15, 0.2) is 43.5 Å². The van der Waals surface area contributed by atoms with E-state index >= 15 is 0 Å². The largest absolute Gasteiger partial charge is 0.461 e. The third-order valence-corrected chi connectivity index (χ3v) is 8.40. The smallest absolute Gasteiger partial charge is 0.313 e. The van der Waals surface area contributed by atoms with E-state index in [9.17, 15) is 19.5 Å². The van der Waals surface area contributed by atoms with E-state index < -0.39 is 35.0 Å². The monoisotopic (exact) mass is 524 g/mol. The number of unbranched alkanes of at least 4 members (excludes halogenated alkanes) is 2. The maximum Gasteiger partial charge on any atom is 0.313 e. The van der Waals surface area contributed by atoms with Gasteiger partial charge in [0.25, 0.3) is 5.91 Å². The number of hydrogen-bond acceptors (Lipinski definition) is 6. The molecule has 38 heavy (non-hydrogen) atoms. The molecule has 1 aromatic carbocycles. The maximum atomic E-state index is 14.6. The molecule has 3 heterocycles. The molecule has 2 unspecified atom stereocenters. The Balaban J connectivity index is 1.78. The van der Waals surface area contributed by atoms with Crippen molar-refractivity contribution in [2.75, 3.05) is 31.2 Å². The molecule has 206 valence electrons. The van der Waals surface area contributed by atoms with Gasteiger partial charge in [0.05, 0.1) is 11.5 Å². The van der Waals surface area contributed by atoms with E-state index in [-0.39, 0.29) is 31.6 Å². The topological polar surface area (TPSA) is 96.4 Å². The fourth-order valence-electron chi connectivity index (χ4n) is 6.70. The Kier molecular flexibility index (Phi) is 8.14. The first kappa shape index (κ1) is 28.0. The fraction of sp³-hybridized carbons (Fsp3) is 0.567. The summed E-state index contributed by atoms with van der Waals surface area (Å²) in [4.78, 5) is 45.2. The average Bonchev–Trinajstić information content (AvgIpc) is 3.45. The molecule has 1 aromatic rings. The highest BCUT2D eigenvalue weighted by atomic mass is 16.6. The molecule has 3 aliphatic rings. The van der Waals surface area contributed by atoms with E-state index in [0.29, 0.717) is 32.2 Å². The van der Waals surface area contributed by atoms with Crippen LogP contribution in [0, 0.1) is 25.7 Å². The number of fused-ring (bicyclic) bond motifs is 1. The number of carbonyl (C=O) groups excluding carboxylic acids is 3. The predicted octanol–water partition coefficient (Wildman–Crippen LogP) is 3.48. The SMILES string of the molecule is C=CCOC(=O)[C@@H]1[C@H]2C(=O)N(CCCCCO)C(C(=O)N(CC=C)c3cc(C)ccc3C)C23CC[C@@]1(C)O3. The lowest BCUT2D eigenvalue weighted by Gasteiger charge is -2.37. The summed E-state index contributed by atoms with van der Waals surface area (Å²) in [6.07, 6.45) is 6.20. The van der Waals surface area contributed by atoms with E-state index in [1.807, 2.05) is 39.0 Å². The van der Waals surface area contributed by atoms with Crippen molar-refractivity contribution in [1.82, 2.24) is 4.90 Å². The van der Waals surface area contributed by atoms with Crippen molar-refractivity contribution in [2.45, 2.75) is 70.1 Å². The van der Waals surface area contributed by atoms with Crippen LogP contribution >= 0.6 is 0 Å². The molecule has 0 aromatic heterocycles. The first-order valence-corrected chi connectivity index (χ1v) is 13.5. The number of ether oxygens (including phenoxy) is 2. The van der Waals surface area contributed by atoms with Gasteiger partial charge in [-0.05, 0) is 70.1 Å². The Morgan fingerprint density at radius 2 is 1.97 bits per heavy atom. The second-order valence-corrected chi connectivity index (χ2v) is 11.0. The molecular formula is C30H40N2O6. The number of likely N-dealkylation sites (tertiary alicyclic amines) is 1. The molecule has 2 bridgehead atoms. The van der Waals surface area contributed by atoms with Crippen LogP contribution < -0.4 is 4.90 Å². The number of anilines is 1. The standard InChI is InChI=1S/C30H40N2O6/c1-6-15-31(22-19-20(3)11-12-21(22)4)27(35)25-30-14-13-29(5,38-30)24(28(36)37-18-7-2)23(30)26(34)32(25)16-9-8-10-17-33/h6-7,11-12,19,23-25,33H,1-2,8-10,13-18H2,3-5H3/t23-,24-,25?,29+,30?/m0/s1. The number of rotatable bonds is 12. The van der Waals surface area contributed by atoms with Gasteiger partial charge in [-0.3, -0.25) is 14.4 Å². The van der Waals surface area contributed by atoms with Gasteiger partial charge in [0.15, 0.2) is 0 Å². The third kappa shape index (κ3) is 4.58. The van der Waals surface area contributed by atoms with Gasteiger partial charge in [-0.25, -0.2) is 0 Å². The maximum absolute atomic E-state index is 14.6. The molecule has 5 atom stereocenters. The lowest BCUT2D eigenvalue weighted by Crippen LogP contribution is -2.56. The normalized spacial score (nSPS) is 29.3. The zero-order chi connectivity index (χ0) is 27.7.